The molecule has 0 radical (unpaired) electrons. The van der Waals surface area contributed by atoms with Crippen LogP contribution in [0.3, 0.4) is 0 Å². The molecule has 10 heteroatoms. The number of nitrogens with zero attached hydrogens (tertiary/aromatic N) is 2. The van der Waals surface area contributed by atoms with E-state index in [0.717, 1.165) is 0 Å². The van der Waals surface area contributed by atoms with Crippen molar-refractivity contribution in [3.8, 4) is 6.01 Å². The van der Waals surface area contributed by atoms with Gasteiger partial charge in [0.25, 0.3) is 0 Å². The molecule has 2 rings (SSSR count). The lowest BCUT2D eigenvalue weighted by Gasteiger charge is -2.05. The predicted octanol–water partition coefficient (Wildman–Crippen LogP) is 0.453. The van der Waals surface area contributed by atoms with Gasteiger partial charge in [0.15, 0.2) is 0 Å². The first-order chi connectivity index (χ1) is 9.89. The fourth-order valence-corrected chi connectivity index (χ4v) is 2.66. The van der Waals surface area contributed by atoms with Crippen molar-refractivity contribution in [2.75, 3.05) is 11.8 Å². The Morgan fingerprint density at radius 1 is 1.48 bits per heavy atom. The minimum absolute atomic E-state index is 0.000532. The first kappa shape index (κ1) is 14.8. The number of carboxylic acid groups (broad SMARTS) is 1. The molecule has 0 aliphatic rings. The lowest BCUT2D eigenvalue weighted by atomic mass is 10.1. The summed E-state index contributed by atoms with van der Waals surface area (Å²) >= 11 is 0. The Labute approximate surface area is 120 Å². The minimum Gasteiger partial charge on any atom is -0.478 e. The second kappa shape index (κ2) is 5.79. The van der Waals surface area contributed by atoms with Crippen LogP contribution < -0.4 is 9.46 Å². The number of aromatic carboxylic acids is 1. The second-order valence-corrected chi connectivity index (χ2v) is 5.76. The number of anilines is 1. The molecule has 0 aliphatic carbocycles. The van der Waals surface area contributed by atoms with Crippen LogP contribution in [0.2, 0.25) is 0 Å². The number of sulfonamides is 1. The number of hydrogen-bond donors (Lipinski definition) is 3. The topological polar surface area (TPSA) is 134 Å². The summed E-state index contributed by atoms with van der Waals surface area (Å²) < 4.78 is 30.8. The zero-order valence-electron chi connectivity index (χ0n) is 10.9. The van der Waals surface area contributed by atoms with E-state index >= 15 is 0 Å². The molecule has 3 N–H and O–H groups in total. The van der Waals surface area contributed by atoms with Gasteiger partial charge in [-0.05, 0) is 17.7 Å². The number of hydrogen-bond acceptors (Lipinski definition) is 6. The van der Waals surface area contributed by atoms with Crippen LogP contribution in [0.5, 0.6) is 6.01 Å². The van der Waals surface area contributed by atoms with Gasteiger partial charge in [0.1, 0.15) is 0 Å². The fraction of sp³-hybridized carbons (Fsp3) is 0.182. The van der Waals surface area contributed by atoms with E-state index < -0.39 is 21.7 Å². The molecule has 0 amide bonds. The number of aromatic nitrogens is 3. The highest BCUT2D eigenvalue weighted by Gasteiger charge is 2.15. The molecular weight excluding hydrogens is 300 g/mol. The summed E-state index contributed by atoms with van der Waals surface area (Å²) in [6.45, 7) is 0. The summed E-state index contributed by atoms with van der Waals surface area (Å²) in [5, 5.41) is 14.8. The molecule has 112 valence electrons. The van der Waals surface area contributed by atoms with E-state index in [1.165, 1.54) is 31.4 Å². The van der Waals surface area contributed by atoms with Gasteiger partial charge in [-0.1, -0.05) is 12.1 Å². The maximum Gasteiger partial charge on any atom is 0.336 e. The maximum atomic E-state index is 12.0. The quantitative estimate of drug-likeness (QED) is 0.705. The van der Waals surface area contributed by atoms with Gasteiger partial charge in [-0.15, -0.1) is 5.10 Å². The van der Waals surface area contributed by atoms with E-state index in [0.29, 0.717) is 5.56 Å². The number of rotatable bonds is 6. The zero-order chi connectivity index (χ0) is 15.5. The van der Waals surface area contributed by atoms with Gasteiger partial charge >= 0.3 is 12.0 Å². The molecule has 0 unspecified atom stereocenters. The molecule has 0 fully saturated rings. The van der Waals surface area contributed by atoms with Crippen LogP contribution in [0.15, 0.2) is 24.3 Å². The Balaban J connectivity index is 2.13. The normalized spacial score (nSPS) is 11.1. The summed E-state index contributed by atoms with van der Waals surface area (Å²) in [5.41, 5.74) is 0.359. The van der Waals surface area contributed by atoms with E-state index in [-0.39, 0.29) is 17.5 Å². The summed E-state index contributed by atoms with van der Waals surface area (Å²) in [6.07, 6.45) is 0. The van der Waals surface area contributed by atoms with Crippen LogP contribution in [-0.2, 0) is 15.8 Å². The van der Waals surface area contributed by atoms with E-state index in [1.807, 2.05) is 0 Å². The van der Waals surface area contributed by atoms with Crippen LogP contribution >= 0.6 is 0 Å². The Kier molecular flexibility index (Phi) is 4.08. The van der Waals surface area contributed by atoms with Gasteiger partial charge in [0, 0.05) is 0 Å². The van der Waals surface area contributed by atoms with Gasteiger partial charge in [0.05, 0.1) is 18.4 Å². The molecule has 0 saturated heterocycles. The van der Waals surface area contributed by atoms with Gasteiger partial charge in [-0.25, -0.2) is 18.3 Å². The third-order valence-corrected chi connectivity index (χ3v) is 3.65. The summed E-state index contributed by atoms with van der Waals surface area (Å²) in [6, 6.07) is 5.68. The van der Waals surface area contributed by atoms with Crippen molar-refractivity contribution in [3.05, 3.63) is 35.4 Å². The monoisotopic (exact) mass is 312 g/mol. The number of carboxylic acids is 1. The average molecular weight is 312 g/mol. The molecule has 0 bridgehead atoms. The fourth-order valence-electron chi connectivity index (χ4n) is 1.58. The molecule has 0 saturated carbocycles. The molecule has 0 aliphatic heterocycles. The third-order valence-electron chi connectivity index (χ3n) is 2.43. The Morgan fingerprint density at radius 2 is 2.24 bits per heavy atom. The molecule has 1 aromatic carbocycles. The highest BCUT2D eigenvalue weighted by Crippen LogP contribution is 2.12. The maximum absolute atomic E-state index is 12.0. The van der Waals surface area contributed by atoms with Crippen LogP contribution in [0.4, 0.5) is 5.95 Å². The lowest BCUT2D eigenvalue weighted by Crippen LogP contribution is -2.16. The van der Waals surface area contributed by atoms with E-state index in [9.17, 15) is 13.2 Å². The van der Waals surface area contributed by atoms with Crippen molar-refractivity contribution >= 4 is 21.9 Å². The molecular formula is C11H12N4O5S. The van der Waals surface area contributed by atoms with Gasteiger partial charge < -0.3 is 9.84 Å². The molecule has 21 heavy (non-hydrogen) atoms. The standard InChI is InChI=1S/C11H12N4O5S/c1-20-11-12-10(13-14-11)15-21(18,19)6-7-3-2-4-8(5-7)9(16)17/h2-5H,6H2,1H3,(H,16,17)(H2,12,13,14,15). The number of nitrogens with one attached hydrogen (secondary N) is 2. The van der Waals surface area contributed by atoms with Crippen molar-refractivity contribution in [3.63, 3.8) is 0 Å². The number of H-pyrrole nitrogens is 1. The van der Waals surface area contributed by atoms with Gasteiger partial charge in [-0.2, -0.15) is 4.98 Å². The van der Waals surface area contributed by atoms with Crippen molar-refractivity contribution in [2.24, 2.45) is 0 Å². The minimum atomic E-state index is -3.76. The average Bonchev–Trinajstić information content (AvgIpc) is 2.85. The van der Waals surface area contributed by atoms with Gasteiger partial charge in [0.2, 0.25) is 16.0 Å². The lowest BCUT2D eigenvalue weighted by molar-refractivity contribution is 0.0696. The Morgan fingerprint density at radius 3 is 2.86 bits per heavy atom. The number of carbonyl (C=O) groups is 1. The molecule has 2 aromatic rings. The molecule has 9 nitrogen and oxygen atoms in total. The van der Waals surface area contributed by atoms with E-state index in [4.69, 9.17) is 9.84 Å². The summed E-state index contributed by atoms with van der Waals surface area (Å²) in [7, 11) is -2.41. The first-order valence-corrected chi connectivity index (χ1v) is 7.34. The number of aromatic amines is 1. The SMILES string of the molecule is COc1n[nH]c(NS(=O)(=O)Cc2cccc(C(=O)O)c2)n1. The van der Waals surface area contributed by atoms with Crippen LogP contribution in [0.25, 0.3) is 0 Å². The van der Waals surface area contributed by atoms with E-state index in [1.54, 1.807) is 0 Å². The molecule has 0 atom stereocenters. The zero-order valence-corrected chi connectivity index (χ0v) is 11.7. The first-order valence-electron chi connectivity index (χ1n) is 5.69. The number of benzene rings is 1. The van der Waals surface area contributed by atoms with Crippen LogP contribution in [0, 0.1) is 0 Å². The van der Waals surface area contributed by atoms with Crippen LogP contribution in [-0.4, -0.2) is 41.8 Å². The third kappa shape index (κ3) is 3.92. The highest BCUT2D eigenvalue weighted by molar-refractivity contribution is 7.91. The molecule has 1 heterocycles. The van der Waals surface area contributed by atoms with Gasteiger partial charge in [-0.3, -0.25) is 4.72 Å². The van der Waals surface area contributed by atoms with Crippen molar-refractivity contribution in [1.82, 2.24) is 15.2 Å². The van der Waals surface area contributed by atoms with Crippen LogP contribution in [0.1, 0.15) is 15.9 Å². The second-order valence-electron chi connectivity index (χ2n) is 4.04. The van der Waals surface area contributed by atoms with Crippen molar-refractivity contribution in [1.29, 1.82) is 0 Å². The number of methoxy groups -OCH3 is 1. The number of ether oxygens (including phenoxy) is 1. The van der Waals surface area contributed by atoms with E-state index in [2.05, 4.69) is 19.9 Å². The smallest absolute Gasteiger partial charge is 0.336 e. The summed E-state index contributed by atoms with van der Waals surface area (Å²) in [5.74, 6) is -1.60. The highest BCUT2D eigenvalue weighted by atomic mass is 32.2. The van der Waals surface area contributed by atoms with Crippen molar-refractivity contribution < 1.29 is 23.1 Å². The Bertz CT molecular complexity index is 755. The Hall–Kier alpha value is -2.62. The summed E-state index contributed by atoms with van der Waals surface area (Å²) in [4.78, 5) is 14.6. The van der Waals surface area contributed by atoms with Crippen molar-refractivity contribution in [2.45, 2.75) is 5.75 Å². The molecule has 1 aromatic heterocycles. The predicted molar refractivity (Wildman–Crippen MR) is 72.6 cm³/mol. The largest absolute Gasteiger partial charge is 0.478 e. The molecule has 0 spiro atoms.